The number of anilines is 1. The molecule has 2 aromatic rings. The highest BCUT2D eigenvalue weighted by molar-refractivity contribution is 6.14. The number of benzene rings is 1. The summed E-state index contributed by atoms with van der Waals surface area (Å²) in [6, 6.07) is 7.64. The van der Waals surface area contributed by atoms with Crippen molar-refractivity contribution < 1.29 is 9.59 Å². The maximum Gasteiger partial charge on any atom is 0.237 e. The van der Waals surface area contributed by atoms with Crippen LogP contribution in [0.25, 0.3) is 11.0 Å². The minimum atomic E-state index is -0.286. The van der Waals surface area contributed by atoms with Crippen molar-refractivity contribution in [2.24, 2.45) is 0 Å². The minimum Gasteiger partial charge on any atom is -0.309 e. The molecule has 3 rings (SSSR count). The van der Waals surface area contributed by atoms with Crippen LogP contribution in [0.1, 0.15) is 13.3 Å². The lowest BCUT2D eigenvalue weighted by Crippen LogP contribution is -2.40. The second-order valence-corrected chi connectivity index (χ2v) is 4.05. The van der Waals surface area contributed by atoms with Gasteiger partial charge in [0, 0.05) is 19.9 Å². The number of imidazole rings is 1. The van der Waals surface area contributed by atoms with Crippen molar-refractivity contribution in [3.63, 3.8) is 0 Å². The Morgan fingerprint density at radius 3 is 2.88 bits per heavy atom. The molecule has 1 aliphatic heterocycles. The van der Waals surface area contributed by atoms with Gasteiger partial charge in [0.1, 0.15) is 0 Å². The van der Waals surface area contributed by atoms with Crippen LogP contribution in [-0.4, -0.2) is 21.4 Å². The van der Waals surface area contributed by atoms with E-state index in [2.05, 4.69) is 4.98 Å². The number of fused-ring (bicyclic) bond motifs is 3. The number of hydrogen-bond donors (Lipinski definition) is 0. The fourth-order valence-corrected chi connectivity index (χ4v) is 2.20. The Bertz CT molecular complexity index is 630. The van der Waals surface area contributed by atoms with E-state index in [0.717, 1.165) is 15.9 Å². The molecule has 0 aliphatic carbocycles. The fraction of sp³-hybridized carbons (Fsp3) is 0.250. The van der Waals surface area contributed by atoms with Crippen LogP contribution in [0.15, 0.2) is 24.3 Å². The Kier molecular flexibility index (Phi) is 2.01. The molecule has 17 heavy (non-hydrogen) atoms. The monoisotopic (exact) mass is 229 g/mol. The van der Waals surface area contributed by atoms with Gasteiger partial charge in [-0.3, -0.25) is 9.59 Å². The number of nitrogens with zero attached hydrogens (tertiary/aromatic N) is 3. The quantitative estimate of drug-likeness (QED) is 0.684. The molecule has 0 unspecified atom stereocenters. The summed E-state index contributed by atoms with van der Waals surface area (Å²) >= 11 is 0. The second-order valence-electron chi connectivity index (χ2n) is 4.05. The highest BCUT2D eigenvalue weighted by Crippen LogP contribution is 2.26. The standard InChI is InChI=1S/C12H11N3O2/c1-8(16)15-11(17)6-7-14-10-5-3-2-4-9(10)13-12(14)15/h2-5H,6-7H2,1H3. The van der Waals surface area contributed by atoms with Gasteiger partial charge in [-0.2, -0.15) is 0 Å². The van der Waals surface area contributed by atoms with Gasteiger partial charge in [-0.25, -0.2) is 9.88 Å². The maximum atomic E-state index is 11.7. The molecule has 86 valence electrons. The molecule has 1 aromatic carbocycles. The van der Waals surface area contributed by atoms with Crippen LogP contribution in [0.2, 0.25) is 0 Å². The number of imide groups is 1. The van der Waals surface area contributed by atoms with Crippen molar-refractivity contribution >= 4 is 28.8 Å². The van der Waals surface area contributed by atoms with Crippen LogP contribution in [-0.2, 0) is 16.1 Å². The smallest absolute Gasteiger partial charge is 0.237 e. The van der Waals surface area contributed by atoms with Crippen LogP contribution in [0.4, 0.5) is 5.95 Å². The first-order valence-electron chi connectivity index (χ1n) is 5.47. The predicted octanol–water partition coefficient (Wildman–Crippen LogP) is 1.32. The lowest BCUT2D eigenvalue weighted by molar-refractivity contribution is -0.126. The van der Waals surface area contributed by atoms with E-state index in [1.807, 2.05) is 28.8 Å². The van der Waals surface area contributed by atoms with Crippen LogP contribution in [0, 0.1) is 0 Å². The summed E-state index contributed by atoms with van der Waals surface area (Å²) in [4.78, 5) is 28.7. The molecule has 5 heteroatoms. The summed E-state index contributed by atoms with van der Waals surface area (Å²) in [6.07, 6.45) is 0.340. The summed E-state index contributed by atoms with van der Waals surface area (Å²) < 4.78 is 1.91. The van der Waals surface area contributed by atoms with Gasteiger partial charge >= 0.3 is 0 Å². The van der Waals surface area contributed by atoms with Crippen molar-refractivity contribution in [1.82, 2.24) is 9.55 Å². The predicted molar refractivity (Wildman–Crippen MR) is 62.5 cm³/mol. The Hall–Kier alpha value is -2.17. The summed E-state index contributed by atoms with van der Waals surface area (Å²) in [7, 11) is 0. The van der Waals surface area contributed by atoms with Crippen molar-refractivity contribution in [2.75, 3.05) is 4.90 Å². The molecular formula is C12H11N3O2. The SMILES string of the molecule is CC(=O)N1C(=O)CCn2c1nc1ccccc12. The Morgan fingerprint density at radius 1 is 1.35 bits per heavy atom. The number of rotatable bonds is 0. The van der Waals surface area contributed by atoms with E-state index in [-0.39, 0.29) is 11.8 Å². The van der Waals surface area contributed by atoms with E-state index in [4.69, 9.17) is 0 Å². The van der Waals surface area contributed by atoms with Gasteiger partial charge in [-0.15, -0.1) is 0 Å². The van der Waals surface area contributed by atoms with Crippen molar-refractivity contribution in [2.45, 2.75) is 19.9 Å². The third-order valence-electron chi connectivity index (χ3n) is 2.95. The normalized spacial score (nSPS) is 15.1. The molecule has 5 nitrogen and oxygen atoms in total. The summed E-state index contributed by atoms with van der Waals surface area (Å²) in [5, 5.41) is 0. The largest absolute Gasteiger partial charge is 0.309 e. The summed E-state index contributed by atoms with van der Waals surface area (Å²) in [5.41, 5.74) is 1.77. The highest BCUT2D eigenvalue weighted by Gasteiger charge is 2.30. The second kappa shape index (κ2) is 3.41. The van der Waals surface area contributed by atoms with E-state index in [9.17, 15) is 9.59 Å². The van der Waals surface area contributed by atoms with E-state index in [0.29, 0.717) is 18.9 Å². The number of carbonyl (C=O) groups is 2. The zero-order chi connectivity index (χ0) is 12.0. The zero-order valence-corrected chi connectivity index (χ0v) is 9.38. The first kappa shape index (κ1) is 10.0. The maximum absolute atomic E-state index is 11.7. The number of para-hydroxylation sites is 2. The third-order valence-corrected chi connectivity index (χ3v) is 2.95. The van der Waals surface area contributed by atoms with Gasteiger partial charge in [-0.1, -0.05) is 12.1 Å². The number of aryl methyl sites for hydroxylation is 1. The first-order valence-corrected chi connectivity index (χ1v) is 5.47. The molecule has 2 heterocycles. The molecule has 1 aromatic heterocycles. The van der Waals surface area contributed by atoms with Gasteiger partial charge in [-0.05, 0) is 12.1 Å². The van der Waals surface area contributed by atoms with E-state index in [1.54, 1.807) is 0 Å². The molecular weight excluding hydrogens is 218 g/mol. The van der Waals surface area contributed by atoms with Gasteiger partial charge in [0.15, 0.2) is 0 Å². The van der Waals surface area contributed by atoms with Gasteiger partial charge in [0.25, 0.3) is 0 Å². The van der Waals surface area contributed by atoms with Gasteiger partial charge in [0.05, 0.1) is 11.0 Å². The molecule has 2 amide bonds. The minimum absolute atomic E-state index is 0.180. The van der Waals surface area contributed by atoms with Crippen LogP contribution in [0.3, 0.4) is 0 Å². The van der Waals surface area contributed by atoms with Gasteiger partial charge in [0.2, 0.25) is 17.8 Å². The summed E-state index contributed by atoms with van der Waals surface area (Å²) in [5.74, 6) is -0.0264. The van der Waals surface area contributed by atoms with E-state index < -0.39 is 0 Å². The fourth-order valence-electron chi connectivity index (χ4n) is 2.20. The highest BCUT2D eigenvalue weighted by atomic mass is 16.2. The molecule has 0 atom stereocenters. The molecule has 0 saturated carbocycles. The van der Waals surface area contributed by atoms with E-state index >= 15 is 0 Å². The molecule has 0 bridgehead atoms. The Balaban J connectivity index is 2.28. The van der Waals surface area contributed by atoms with Crippen molar-refractivity contribution in [3.05, 3.63) is 24.3 Å². The molecule has 0 radical (unpaired) electrons. The van der Waals surface area contributed by atoms with Crippen molar-refractivity contribution in [1.29, 1.82) is 0 Å². The number of amides is 2. The average molecular weight is 229 g/mol. The van der Waals surface area contributed by atoms with E-state index in [1.165, 1.54) is 6.92 Å². The van der Waals surface area contributed by atoms with Gasteiger partial charge < -0.3 is 4.57 Å². The van der Waals surface area contributed by atoms with Crippen LogP contribution >= 0.6 is 0 Å². The molecule has 0 spiro atoms. The molecule has 0 fully saturated rings. The average Bonchev–Trinajstić information content (AvgIpc) is 2.66. The van der Waals surface area contributed by atoms with Crippen molar-refractivity contribution in [3.8, 4) is 0 Å². The third kappa shape index (κ3) is 1.35. The number of hydrogen-bond acceptors (Lipinski definition) is 3. The molecule has 1 aliphatic rings. The lowest BCUT2D eigenvalue weighted by atomic mass is 10.3. The number of carbonyl (C=O) groups excluding carboxylic acids is 2. The van der Waals surface area contributed by atoms with Crippen LogP contribution < -0.4 is 4.90 Å². The number of aromatic nitrogens is 2. The topological polar surface area (TPSA) is 55.2 Å². The Labute approximate surface area is 97.7 Å². The molecule has 0 saturated heterocycles. The zero-order valence-electron chi connectivity index (χ0n) is 9.38. The van der Waals surface area contributed by atoms with Crippen LogP contribution in [0.5, 0.6) is 0 Å². The first-order chi connectivity index (χ1) is 8.18. The Morgan fingerprint density at radius 2 is 2.12 bits per heavy atom. The molecule has 0 N–H and O–H groups in total. The lowest BCUT2D eigenvalue weighted by Gasteiger charge is -2.24. The summed E-state index contributed by atoms with van der Waals surface area (Å²) in [6.45, 7) is 1.96.